The molecule has 3 aromatic rings. The van der Waals surface area contributed by atoms with E-state index in [-0.39, 0.29) is 5.91 Å². The maximum absolute atomic E-state index is 12.5. The Hall–Kier alpha value is -3.38. The Kier molecular flexibility index (Phi) is 6.18. The summed E-state index contributed by atoms with van der Waals surface area (Å²) < 4.78 is 5.81. The van der Waals surface area contributed by atoms with Crippen LogP contribution in [0.15, 0.2) is 60.8 Å². The van der Waals surface area contributed by atoms with Crippen molar-refractivity contribution in [2.24, 2.45) is 0 Å². The monoisotopic (exact) mass is 416 g/mol. The van der Waals surface area contributed by atoms with Gasteiger partial charge >= 0.3 is 0 Å². The molecule has 2 aromatic carbocycles. The van der Waals surface area contributed by atoms with Crippen LogP contribution in [0.3, 0.4) is 0 Å². The van der Waals surface area contributed by atoms with Gasteiger partial charge in [-0.3, -0.25) is 9.78 Å². The third kappa shape index (κ3) is 4.54. The largest absolute Gasteiger partial charge is 0.492 e. The molecule has 31 heavy (non-hydrogen) atoms. The number of nitrogens with zero attached hydrogens (tertiary/aromatic N) is 3. The van der Waals surface area contributed by atoms with Gasteiger partial charge in [0.2, 0.25) is 5.91 Å². The highest BCUT2D eigenvalue weighted by molar-refractivity contribution is 6.04. The van der Waals surface area contributed by atoms with Crippen LogP contribution in [0.1, 0.15) is 12.5 Å². The van der Waals surface area contributed by atoms with Crippen LogP contribution in [0.25, 0.3) is 10.9 Å². The van der Waals surface area contributed by atoms with Crippen molar-refractivity contribution in [2.45, 2.75) is 13.3 Å². The molecule has 0 saturated heterocycles. The number of rotatable bonds is 7. The summed E-state index contributed by atoms with van der Waals surface area (Å²) >= 11 is 0. The molecule has 1 aliphatic rings. The maximum Gasteiger partial charge on any atom is 0.248 e. The van der Waals surface area contributed by atoms with Gasteiger partial charge in [-0.05, 0) is 51.2 Å². The van der Waals surface area contributed by atoms with Crippen molar-refractivity contribution >= 4 is 33.9 Å². The number of hydrogen-bond donors (Lipinski definition) is 1. The van der Waals surface area contributed by atoms with Crippen LogP contribution in [-0.2, 0) is 11.2 Å². The van der Waals surface area contributed by atoms with Crippen molar-refractivity contribution in [3.8, 4) is 5.75 Å². The topological polar surface area (TPSA) is 57.7 Å². The quantitative estimate of drug-likeness (QED) is 0.579. The smallest absolute Gasteiger partial charge is 0.248 e. The lowest BCUT2D eigenvalue weighted by Gasteiger charge is -2.22. The molecule has 0 radical (unpaired) electrons. The Morgan fingerprint density at radius 2 is 2.06 bits per heavy atom. The summed E-state index contributed by atoms with van der Waals surface area (Å²) in [5.41, 5.74) is 5.14. The standard InChI is InChI=1S/C25H28N4O2/c1-4-31-24-17-20-19(16-21(24)27-25(30)10-7-14-28(2)3)23(11-13-26-20)29-15-12-18-8-5-6-9-22(18)29/h5-11,13,16-17H,4,12,14-15H2,1-3H3,(H,27,30). The lowest BCUT2D eigenvalue weighted by atomic mass is 10.1. The van der Waals surface area contributed by atoms with Crippen LogP contribution < -0.4 is 15.0 Å². The van der Waals surface area contributed by atoms with Gasteiger partial charge in [0, 0.05) is 42.5 Å². The summed E-state index contributed by atoms with van der Waals surface area (Å²) in [4.78, 5) is 21.4. The second kappa shape index (κ2) is 9.18. The molecule has 6 nitrogen and oxygen atoms in total. The third-order valence-electron chi connectivity index (χ3n) is 5.30. The zero-order valence-electron chi connectivity index (χ0n) is 18.3. The fourth-order valence-corrected chi connectivity index (χ4v) is 3.90. The van der Waals surface area contributed by atoms with Gasteiger partial charge in [0.1, 0.15) is 5.75 Å². The zero-order chi connectivity index (χ0) is 21.8. The van der Waals surface area contributed by atoms with E-state index in [1.54, 1.807) is 6.08 Å². The second-order valence-corrected chi connectivity index (χ2v) is 7.81. The first kappa shape index (κ1) is 20.9. The number of carbonyl (C=O) groups is 1. The van der Waals surface area contributed by atoms with Gasteiger partial charge in [-0.2, -0.15) is 0 Å². The molecule has 2 heterocycles. The van der Waals surface area contributed by atoms with Crippen LogP contribution in [0.5, 0.6) is 5.75 Å². The van der Waals surface area contributed by atoms with E-state index in [1.165, 1.54) is 11.3 Å². The minimum Gasteiger partial charge on any atom is -0.492 e. The van der Waals surface area contributed by atoms with Gasteiger partial charge < -0.3 is 19.9 Å². The molecule has 6 heteroatoms. The number of para-hydroxylation sites is 1. The fourth-order valence-electron chi connectivity index (χ4n) is 3.90. The number of carbonyl (C=O) groups excluding carboxylic acids is 1. The molecule has 0 spiro atoms. The van der Waals surface area contributed by atoms with Crippen LogP contribution in [-0.4, -0.2) is 49.6 Å². The number of ether oxygens (including phenoxy) is 1. The van der Waals surface area contributed by atoms with Crippen molar-refractivity contribution in [3.05, 3.63) is 66.4 Å². The number of aromatic nitrogens is 1. The number of benzene rings is 2. The van der Waals surface area contributed by atoms with Crippen molar-refractivity contribution in [3.63, 3.8) is 0 Å². The minimum atomic E-state index is -0.181. The number of nitrogens with one attached hydrogen (secondary N) is 1. The average Bonchev–Trinajstić information content (AvgIpc) is 3.17. The molecule has 1 aromatic heterocycles. The summed E-state index contributed by atoms with van der Waals surface area (Å²) in [5.74, 6) is 0.440. The van der Waals surface area contributed by atoms with Crippen molar-refractivity contribution < 1.29 is 9.53 Å². The first-order chi connectivity index (χ1) is 15.1. The van der Waals surface area contributed by atoms with Crippen molar-refractivity contribution in [1.82, 2.24) is 9.88 Å². The van der Waals surface area contributed by atoms with Gasteiger partial charge in [-0.15, -0.1) is 0 Å². The van der Waals surface area contributed by atoms with E-state index in [9.17, 15) is 4.79 Å². The van der Waals surface area contributed by atoms with E-state index in [0.29, 0.717) is 24.6 Å². The number of likely N-dealkylation sites (N-methyl/N-ethyl adjacent to an activating group) is 1. The lowest BCUT2D eigenvalue weighted by Crippen LogP contribution is -2.15. The van der Waals surface area contributed by atoms with Crippen LogP contribution >= 0.6 is 0 Å². The number of anilines is 3. The highest BCUT2D eigenvalue weighted by Crippen LogP contribution is 2.40. The SMILES string of the molecule is CCOc1cc2nccc(N3CCc4ccccc43)c2cc1NC(=O)C=CCN(C)C. The van der Waals surface area contributed by atoms with E-state index in [4.69, 9.17) is 4.74 Å². The first-order valence-electron chi connectivity index (χ1n) is 10.6. The molecule has 0 unspecified atom stereocenters. The van der Waals surface area contributed by atoms with E-state index in [2.05, 4.69) is 39.5 Å². The minimum absolute atomic E-state index is 0.181. The molecule has 0 bridgehead atoms. The Morgan fingerprint density at radius 1 is 1.23 bits per heavy atom. The van der Waals surface area contributed by atoms with Crippen molar-refractivity contribution in [1.29, 1.82) is 0 Å². The van der Waals surface area contributed by atoms with Crippen molar-refractivity contribution in [2.75, 3.05) is 44.0 Å². The fraction of sp³-hybridized carbons (Fsp3) is 0.280. The third-order valence-corrected chi connectivity index (χ3v) is 5.30. The molecule has 160 valence electrons. The summed E-state index contributed by atoms with van der Waals surface area (Å²) in [5, 5.41) is 3.96. The van der Waals surface area contributed by atoms with Gasteiger partial charge in [0.15, 0.2) is 0 Å². The molecule has 1 amide bonds. The first-order valence-corrected chi connectivity index (χ1v) is 10.6. The highest BCUT2D eigenvalue weighted by Gasteiger charge is 2.22. The molecule has 0 aliphatic carbocycles. The number of fused-ring (bicyclic) bond motifs is 2. The average molecular weight is 417 g/mol. The van der Waals surface area contributed by atoms with Gasteiger partial charge in [-0.1, -0.05) is 24.3 Å². The van der Waals surface area contributed by atoms with E-state index in [0.717, 1.165) is 29.6 Å². The lowest BCUT2D eigenvalue weighted by molar-refractivity contribution is -0.111. The molecular formula is C25H28N4O2. The van der Waals surface area contributed by atoms with Crippen LogP contribution in [0.4, 0.5) is 17.1 Å². The van der Waals surface area contributed by atoms with Gasteiger partial charge in [-0.25, -0.2) is 0 Å². The number of amides is 1. The summed E-state index contributed by atoms with van der Waals surface area (Å²) in [6, 6.07) is 14.4. The summed E-state index contributed by atoms with van der Waals surface area (Å²) in [6.07, 6.45) is 6.24. The predicted octanol–water partition coefficient (Wildman–Crippen LogP) is 4.38. The normalized spacial score (nSPS) is 13.2. The van der Waals surface area contributed by atoms with E-state index < -0.39 is 0 Å². The van der Waals surface area contributed by atoms with E-state index >= 15 is 0 Å². The number of hydrogen-bond acceptors (Lipinski definition) is 5. The molecule has 0 saturated carbocycles. The molecule has 1 N–H and O–H groups in total. The molecule has 0 fully saturated rings. The Balaban J connectivity index is 1.73. The van der Waals surface area contributed by atoms with E-state index in [1.807, 2.05) is 56.4 Å². The summed E-state index contributed by atoms with van der Waals surface area (Å²) in [6.45, 7) is 4.05. The highest BCUT2D eigenvalue weighted by atomic mass is 16.5. The summed E-state index contributed by atoms with van der Waals surface area (Å²) in [7, 11) is 3.92. The molecule has 4 rings (SSSR count). The maximum atomic E-state index is 12.5. The van der Waals surface area contributed by atoms with Crippen LogP contribution in [0, 0.1) is 0 Å². The van der Waals surface area contributed by atoms with Crippen LogP contribution in [0.2, 0.25) is 0 Å². The van der Waals surface area contributed by atoms with Gasteiger partial charge in [0.25, 0.3) is 0 Å². The molecule has 0 atom stereocenters. The second-order valence-electron chi connectivity index (χ2n) is 7.81. The zero-order valence-corrected chi connectivity index (χ0v) is 18.3. The van der Waals surface area contributed by atoms with Gasteiger partial charge in [0.05, 0.1) is 23.5 Å². The molecular weight excluding hydrogens is 388 g/mol. The molecule has 1 aliphatic heterocycles. The predicted molar refractivity (Wildman–Crippen MR) is 126 cm³/mol. The Bertz CT molecular complexity index is 1120. The Morgan fingerprint density at radius 3 is 2.87 bits per heavy atom. The Labute approximate surface area is 183 Å². The number of pyridine rings is 1.